The molecule has 96 valence electrons. The van der Waals surface area contributed by atoms with Crippen molar-refractivity contribution in [2.45, 2.75) is 44.7 Å². The van der Waals surface area contributed by atoms with Gasteiger partial charge in [0.2, 0.25) is 0 Å². The maximum atomic E-state index is 10.1. The fourth-order valence-corrected chi connectivity index (χ4v) is 2.73. The molecule has 3 nitrogen and oxygen atoms in total. The highest BCUT2D eigenvalue weighted by atomic mass is 16.5. The van der Waals surface area contributed by atoms with Crippen LogP contribution in [0.25, 0.3) is 0 Å². The van der Waals surface area contributed by atoms with Crippen LogP contribution < -0.4 is 0 Å². The van der Waals surface area contributed by atoms with Gasteiger partial charge < -0.3 is 5.21 Å². The summed E-state index contributed by atoms with van der Waals surface area (Å²) in [5, 5.41) is 20.6. The van der Waals surface area contributed by atoms with E-state index < -0.39 is 0 Å². The van der Waals surface area contributed by atoms with Crippen molar-refractivity contribution in [3.05, 3.63) is 35.9 Å². The summed E-state index contributed by atoms with van der Waals surface area (Å²) < 4.78 is 0. The van der Waals surface area contributed by atoms with Crippen LogP contribution in [0, 0.1) is 17.2 Å². The molecule has 1 aromatic carbocycles. The summed E-state index contributed by atoms with van der Waals surface area (Å²) in [7, 11) is 0. The van der Waals surface area contributed by atoms with Gasteiger partial charge in [0.25, 0.3) is 0 Å². The molecule has 0 saturated heterocycles. The summed E-state index contributed by atoms with van der Waals surface area (Å²) in [6, 6.07) is 11.7. The van der Waals surface area contributed by atoms with Crippen LogP contribution in [0.3, 0.4) is 0 Å². The predicted molar refractivity (Wildman–Crippen MR) is 69.7 cm³/mol. The Morgan fingerprint density at radius 1 is 1.22 bits per heavy atom. The van der Waals surface area contributed by atoms with Gasteiger partial charge in [-0.15, -0.1) is 0 Å². The molecule has 0 aromatic heterocycles. The van der Waals surface area contributed by atoms with E-state index in [0.29, 0.717) is 12.5 Å². The van der Waals surface area contributed by atoms with Crippen LogP contribution in [0.2, 0.25) is 0 Å². The molecule has 0 amide bonds. The van der Waals surface area contributed by atoms with Crippen molar-refractivity contribution in [2.75, 3.05) is 0 Å². The number of benzene rings is 1. The van der Waals surface area contributed by atoms with Gasteiger partial charge in [-0.2, -0.15) is 10.3 Å². The van der Waals surface area contributed by atoms with Crippen molar-refractivity contribution in [1.29, 1.82) is 5.26 Å². The zero-order valence-corrected chi connectivity index (χ0v) is 10.6. The van der Waals surface area contributed by atoms with Crippen LogP contribution in [0.5, 0.6) is 0 Å². The zero-order valence-electron chi connectivity index (χ0n) is 10.6. The molecule has 3 heteroatoms. The molecule has 2 rings (SSSR count). The van der Waals surface area contributed by atoms with E-state index in [2.05, 4.69) is 6.07 Å². The second-order valence-electron chi connectivity index (χ2n) is 5.06. The molecule has 0 unspecified atom stereocenters. The molecule has 1 N–H and O–H groups in total. The van der Waals surface area contributed by atoms with Crippen LogP contribution in [-0.2, 0) is 6.54 Å². The average molecular weight is 244 g/mol. The molecule has 1 aliphatic rings. The molecule has 1 aliphatic carbocycles. The molecule has 0 radical (unpaired) electrons. The highest BCUT2D eigenvalue weighted by molar-refractivity contribution is 5.14. The number of nitrogens with zero attached hydrogens (tertiary/aromatic N) is 2. The third-order valence-electron chi connectivity index (χ3n) is 3.74. The number of hydrogen-bond acceptors (Lipinski definition) is 3. The van der Waals surface area contributed by atoms with Crippen LogP contribution in [-0.4, -0.2) is 16.3 Å². The Labute approximate surface area is 109 Å². The first kappa shape index (κ1) is 13.1. The molecule has 1 atom stereocenters. The van der Waals surface area contributed by atoms with E-state index in [-0.39, 0.29) is 6.04 Å². The van der Waals surface area contributed by atoms with Crippen LogP contribution in [0.1, 0.15) is 37.7 Å². The van der Waals surface area contributed by atoms with E-state index in [1.54, 1.807) is 0 Å². The van der Waals surface area contributed by atoms with E-state index >= 15 is 0 Å². The summed E-state index contributed by atoms with van der Waals surface area (Å²) in [4.78, 5) is 0. The van der Waals surface area contributed by atoms with E-state index in [0.717, 1.165) is 18.4 Å². The van der Waals surface area contributed by atoms with Crippen LogP contribution in [0.15, 0.2) is 30.3 Å². The molecule has 0 heterocycles. The number of hydroxylamine groups is 2. The Morgan fingerprint density at radius 2 is 1.89 bits per heavy atom. The van der Waals surface area contributed by atoms with Crippen LogP contribution >= 0.6 is 0 Å². The second-order valence-corrected chi connectivity index (χ2v) is 5.06. The summed E-state index contributed by atoms with van der Waals surface area (Å²) in [6.45, 7) is 0.426. The summed E-state index contributed by atoms with van der Waals surface area (Å²) in [6.07, 6.45) is 5.75. The molecule has 1 fully saturated rings. The average Bonchev–Trinajstić information content (AvgIpc) is 2.42. The Bertz CT molecular complexity index is 393. The zero-order chi connectivity index (χ0) is 12.8. The SMILES string of the molecule is N#C[C@H](C1CCCCC1)N(O)Cc1ccccc1. The Morgan fingerprint density at radius 3 is 2.50 bits per heavy atom. The predicted octanol–water partition coefficient (Wildman–Crippen LogP) is 3.35. The minimum absolute atomic E-state index is 0.317. The highest BCUT2D eigenvalue weighted by Gasteiger charge is 2.28. The molecular formula is C15H20N2O. The molecule has 1 aromatic rings. The monoisotopic (exact) mass is 244 g/mol. The third-order valence-corrected chi connectivity index (χ3v) is 3.74. The van der Waals surface area contributed by atoms with Gasteiger partial charge in [0.15, 0.2) is 0 Å². The molecule has 1 saturated carbocycles. The largest absolute Gasteiger partial charge is 0.312 e. The normalized spacial score (nSPS) is 18.5. The summed E-state index contributed by atoms with van der Waals surface area (Å²) >= 11 is 0. The number of hydrogen-bond donors (Lipinski definition) is 1. The number of rotatable bonds is 4. The molecule has 18 heavy (non-hydrogen) atoms. The van der Waals surface area contributed by atoms with Gasteiger partial charge in [-0.25, -0.2) is 0 Å². The molecular weight excluding hydrogens is 224 g/mol. The van der Waals surface area contributed by atoms with Gasteiger partial charge in [0.1, 0.15) is 6.04 Å². The lowest BCUT2D eigenvalue weighted by Crippen LogP contribution is -2.37. The van der Waals surface area contributed by atoms with Crippen LogP contribution in [0.4, 0.5) is 0 Å². The van der Waals surface area contributed by atoms with Gasteiger partial charge in [-0.05, 0) is 24.3 Å². The summed E-state index contributed by atoms with van der Waals surface area (Å²) in [5.74, 6) is 0.317. The van der Waals surface area contributed by atoms with Gasteiger partial charge >= 0.3 is 0 Å². The van der Waals surface area contributed by atoms with Crippen molar-refractivity contribution >= 4 is 0 Å². The first-order valence-corrected chi connectivity index (χ1v) is 6.70. The Kier molecular flexibility index (Phi) is 4.74. The van der Waals surface area contributed by atoms with E-state index in [1.165, 1.54) is 24.3 Å². The van der Waals surface area contributed by atoms with Gasteiger partial charge in [-0.1, -0.05) is 49.6 Å². The van der Waals surface area contributed by atoms with Crippen molar-refractivity contribution in [1.82, 2.24) is 5.06 Å². The Hall–Kier alpha value is -1.37. The minimum Gasteiger partial charge on any atom is -0.312 e. The smallest absolute Gasteiger partial charge is 0.125 e. The van der Waals surface area contributed by atoms with Gasteiger partial charge in [-0.3, -0.25) is 0 Å². The maximum Gasteiger partial charge on any atom is 0.125 e. The van der Waals surface area contributed by atoms with Gasteiger partial charge in [0.05, 0.1) is 12.6 Å². The van der Waals surface area contributed by atoms with Crippen molar-refractivity contribution in [3.63, 3.8) is 0 Å². The van der Waals surface area contributed by atoms with E-state index in [1.807, 2.05) is 30.3 Å². The lowest BCUT2D eigenvalue weighted by Gasteiger charge is -2.30. The van der Waals surface area contributed by atoms with Crippen molar-refractivity contribution in [3.8, 4) is 6.07 Å². The van der Waals surface area contributed by atoms with E-state index in [4.69, 9.17) is 0 Å². The fraction of sp³-hybridized carbons (Fsp3) is 0.533. The Balaban J connectivity index is 1.97. The standard InChI is InChI=1S/C15H20N2O/c16-11-15(14-9-5-2-6-10-14)17(18)12-13-7-3-1-4-8-13/h1,3-4,7-8,14-15,18H,2,5-6,9-10,12H2/t15-/m1/s1. The number of nitriles is 1. The third kappa shape index (κ3) is 3.32. The minimum atomic E-state index is -0.370. The van der Waals surface area contributed by atoms with Crippen molar-refractivity contribution < 1.29 is 5.21 Å². The molecule has 0 aliphatic heterocycles. The molecule has 0 bridgehead atoms. The topological polar surface area (TPSA) is 47.3 Å². The van der Waals surface area contributed by atoms with Crippen molar-refractivity contribution in [2.24, 2.45) is 5.92 Å². The van der Waals surface area contributed by atoms with E-state index in [9.17, 15) is 10.5 Å². The molecule has 0 spiro atoms. The highest BCUT2D eigenvalue weighted by Crippen LogP contribution is 2.28. The lowest BCUT2D eigenvalue weighted by molar-refractivity contribution is -0.136. The first-order valence-electron chi connectivity index (χ1n) is 6.70. The van der Waals surface area contributed by atoms with Gasteiger partial charge in [0, 0.05) is 0 Å². The quantitative estimate of drug-likeness (QED) is 0.826. The summed E-state index contributed by atoms with van der Waals surface area (Å²) in [5.41, 5.74) is 1.04. The maximum absolute atomic E-state index is 10.1. The first-order chi connectivity index (χ1) is 8.81. The lowest BCUT2D eigenvalue weighted by atomic mass is 9.84. The second kappa shape index (κ2) is 6.53. The fourth-order valence-electron chi connectivity index (χ4n) is 2.73.